The topological polar surface area (TPSA) is 30.5 Å². The van der Waals surface area contributed by atoms with Gasteiger partial charge in [-0.15, -0.1) is 0 Å². The number of hydrazine groups is 2. The van der Waals surface area contributed by atoms with Crippen LogP contribution in [0, 0.1) is 0 Å². The molecule has 0 saturated carbocycles. The Balaban J connectivity index is 1.26. The molecular weight excluding hydrogens is 512 g/mol. The normalized spacial score (nSPS) is 13.7. The Morgan fingerprint density at radius 3 is 1.21 bits per heavy atom. The first kappa shape index (κ1) is 25.8. The van der Waals surface area contributed by atoms with Gasteiger partial charge < -0.3 is 0 Å². The summed E-state index contributed by atoms with van der Waals surface area (Å²) in [5, 5.41) is 4.47. The molecule has 204 valence electrons. The van der Waals surface area contributed by atoms with Crippen LogP contribution in [-0.4, -0.2) is 6.67 Å². The van der Waals surface area contributed by atoms with E-state index >= 15 is 0 Å². The fourth-order valence-electron chi connectivity index (χ4n) is 5.52. The second kappa shape index (κ2) is 11.8. The lowest BCUT2D eigenvalue weighted by molar-refractivity contribution is 0.349. The van der Waals surface area contributed by atoms with E-state index < -0.39 is 0 Å². The number of rotatable bonds is 6. The minimum atomic E-state index is -0.150. The summed E-state index contributed by atoms with van der Waals surface area (Å²) in [5.74, 6) is 0. The van der Waals surface area contributed by atoms with Crippen LogP contribution in [0.5, 0.6) is 0 Å². The Morgan fingerprint density at radius 2 is 0.762 bits per heavy atom. The highest BCUT2D eigenvalue weighted by atomic mass is 15.7. The molecule has 42 heavy (non-hydrogen) atoms. The van der Waals surface area contributed by atoms with E-state index in [9.17, 15) is 0 Å². The fourth-order valence-corrected chi connectivity index (χ4v) is 5.52. The zero-order chi connectivity index (χ0) is 28.1. The Hall–Kier alpha value is -5.16. The first-order valence-corrected chi connectivity index (χ1v) is 14.3. The molecule has 1 heterocycles. The molecule has 6 aromatic carbocycles. The number of nitrogens with one attached hydrogen (secondary N) is 2. The lowest BCUT2D eigenvalue weighted by Crippen LogP contribution is -2.62. The summed E-state index contributed by atoms with van der Waals surface area (Å²) < 4.78 is 0. The molecular formula is C38H32N4. The van der Waals surface area contributed by atoms with Gasteiger partial charge in [-0.25, -0.2) is 10.9 Å². The maximum absolute atomic E-state index is 3.77. The Morgan fingerprint density at radius 1 is 0.381 bits per heavy atom. The second-order valence-corrected chi connectivity index (χ2v) is 10.5. The van der Waals surface area contributed by atoms with E-state index in [1.807, 2.05) is 0 Å². The Bertz CT molecular complexity index is 1550. The van der Waals surface area contributed by atoms with E-state index in [2.05, 4.69) is 185 Å². The Labute approximate surface area is 247 Å². The smallest absolute Gasteiger partial charge is 0.120 e. The summed E-state index contributed by atoms with van der Waals surface area (Å²) in [6, 6.07) is 57.8. The van der Waals surface area contributed by atoms with E-state index in [-0.39, 0.29) is 6.17 Å². The van der Waals surface area contributed by atoms with Crippen molar-refractivity contribution in [1.82, 2.24) is 10.9 Å². The van der Waals surface area contributed by atoms with E-state index in [1.165, 1.54) is 33.4 Å². The van der Waals surface area contributed by atoms with Crippen LogP contribution in [0.1, 0.15) is 11.7 Å². The molecule has 1 aliphatic heterocycles. The molecule has 1 saturated heterocycles. The van der Waals surface area contributed by atoms with Gasteiger partial charge in [-0.1, -0.05) is 133 Å². The minimum absolute atomic E-state index is 0.150. The van der Waals surface area contributed by atoms with Gasteiger partial charge >= 0.3 is 0 Å². The van der Waals surface area contributed by atoms with E-state index in [4.69, 9.17) is 0 Å². The molecule has 0 spiro atoms. The highest BCUT2D eigenvalue weighted by Crippen LogP contribution is 2.31. The summed E-state index contributed by atoms with van der Waals surface area (Å²) in [4.78, 5) is 0. The number of anilines is 2. The van der Waals surface area contributed by atoms with E-state index in [0.717, 1.165) is 16.9 Å². The van der Waals surface area contributed by atoms with Crippen molar-refractivity contribution in [2.45, 2.75) is 6.17 Å². The van der Waals surface area contributed by atoms with Crippen LogP contribution < -0.4 is 20.9 Å². The predicted octanol–water partition coefficient (Wildman–Crippen LogP) is 8.68. The van der Waals surface area contributed by atoms with Crippen molar-refractivity contribution in [1.29, 1.82) is 0 Å². The molecule has 0 radical (unpaired) electrons. The standard InChI is InChI=1S/C38H32N4/c1-4-13-29(14-5-1)32-19-10-22-35(25-32)38-39-41(36-23-11-20-33(26-36)30-15-6-2-7-16-30)28-42(40-38)37-24-12-21-34(27-37)31-17-8-3-9-18-31/h1-27,38-40H,28H2. The van der Waals surface area contributed by atoms with Gasteiger partial charge in [0.05, 0.1) is 11.4 Å². The molecule has 6 aromatic rings. The lowest BCUT2D eigenvalue weighted by Gasteiger charge is -2.44. The van der Waals surface area contributed by atoms with Crippen molar-refractivity contribution >= 4 is 11.4 Å². The molecule has 0 amide bonds. The number of hydrogen-bond donors (Lipinski definition) is 2. The van der Waals surface area contributed by atoms with Crippen LogP contribution in [0.15, 0.2) is 164 Å². The average molecular weight is 545 g/mol. The molecule has 0 bridgehead atoms. The molecule has 2 N–H and O–H groups in total. The van der Waals surface area contributed by atoms with Crippen LogP contribution in [0.3, 0.4) is 0 Å². The van der Waals surface area contributed by atoms with Gasteiger partial charge in [0.2, 0.25) is 0 Å². The second-order valence-electron chi connectivity index (χ2n) is 10.5. The lowest BCUT2D eigenvalue weighted by atomic mass is 10.0. The molecule has 1 aliphatic rings. The highest BCUT2D eigenvalue weighted by molar-refractivity contribution is 5.71. The van der Waals surface area contributed by atoms with Gasteiger partial charge in [0.1, 0.15) is 12.8 Å². The van der Waals surface area contributed by atoms with Gasteiger partial charge in [-0.05, 0) is 69.3 Å². The largest absolute Gasteiger partial charge is 0.286 e. The molecule has 0 aliphatic carbocycles. The first-order valence-electron chi connectivity index (χ1n) is 14.3. The minimum Gasteiger partial charge on any atom is -0.286 e. The summed E-state index contributed by atoms with van der Waals surface area (Å²) >= 11 is 0. The molecule has 0 atom stereocenters. The SMILES string of the molecule is c1ccc(-c2cccc(C3NN(c4cccc(-c5ccccc5)c4)CN(c4cccc(-c5ccccc5)c4)N3)c2)cc1. The van der Waals surface area contributed by atoms with Gasteiger partial charge in [0.25, 0.3) is 0 Å². The van der Waals surface area contributed by atoms with Crippen molar-refractivity contribution in [3.63, 3.8) is 0 Å². The van der Waals surface area contributed by atoms with Crippen molar-refractivity contribution in [2.75, 3.05) is 16.7 Å². The van der Waals surface area contributed by atoms with Crippen LogP contribution in [0.4, 0.5) is 11.4 Å². The summed E-state index contributed by atoms with van der Waals surface area (Å²) in [6.45, 7) is 0.616. The van der Waals surface area contributed by atoms with Gasteiger partial charge in [-0.2, -0.15) is 0 Å². The summed E-state index contributed by atoms with van der Waals surface area (Å²) in [7, 11) is 0. The van der Waals surface area contributed by atoms with Crippen LogP contribution in [0.25, 0.3) is 33.4 Å². The van der Waals surface area contributed by atoms with Gasteiger partial charge in [0, 0.05) is 0 Å². The zero-order valence-electron chi connectivity index (χ0n) is 23.3. The van der Waals surface area contributed by atoms with E-state index in [0.29, 0.717) is 6.67 Å². The predicted molar refractivity (Wildman–Crippen MR) is 174 cm³/mol. The molecule has 0 aromatic heterocycles. The Kier molecular flexibility index (Phi) is 7.22. The van der Waals surface area contributed by atoms with Crippen molar-refractivity contribution in [3.05, 3.63) is 169 Å². The van der Waals surface area contributed by atoms with Crippen LogP contribution in [0.2, 0.25) is 0 Å². The monoisotopic (exact) mass is 544 g/mol. The maximum Gasteiger partial charge on any atom is 0.120 e. The summed E-state index contributed by atoms with van der Waals surface area (Å²) in [5.41, 5.74) is 18.1. The number of benzene rings is 6. The average Bonchev–Trinajstić information content (AvgIpc) is 3.09. The fraction of sp³-hybridized carbons (Fsp3) is 0.0526. The molecule has 4 heteroatoms. The van der Waals surface area contributed by atoms with Crippen LogP contribution >= 0.6 is 0 Å². The molecule has 7 rings (SSSR count). The maximum atomic E-state index is 3.77. The third kappa shape index (κ3) is 5.54. The molecule has 4 nitrogen and oxygen atoms in total. The third-order valence-corrected chi connectivity index (χ3v) is 7.71. The number of hydrogen-bond acceptors (Lipinski definition) is 4. The van der Waals surface area contributed by atoms with Crippen molar-refractivity contribution in [3.8, 4) is 33.4 Å². The van der Waals surface area contributed by atoms with Crippen molar-refractivity contribution < 1.29 is 0 Å². The first-order chi connectivity index (χ1) is 20.8. The molecule has 0 unspecified atom stereocenters. The van der Waals surface area contributed by atoms with Gasteiger partial charge in [0.15, 0.2) is 0 Å². The highest BCUT2D eigenvalue weighted by Gasteiger charge is 2.27. The quantitative estimate of drug-likeness (QED) is 0.220. The van der Waals surface area contributed by atoms with Crippen LogP contribution in [-0.2, 0) is 0 Å². The van der Waals surface area contributed by atoms with Crippen molar-refractivity contribution in [2.24, 2.45) is 0 Å². The number of nitrogens with zero attached hydrogens (tertiary/aromatic N) is 2. The summed E-state index contributed by atoms with van der Waals surface area (Å²) in [6.07, 6.45) is -0.150. The zero-order valence-corrected chi connectivity index (χ0v) is 23.3. The molecule has 1 fully saturated rings. The third-order valence-electron chi connectivity index (χ3n) is 7.71. The van der Waals surface area contributed by atoms with E-state index in [1.54, 1.807) is 0 Å². The van der Waals surface area contributed by atoms with Gasteiger partial charge in [-0.3, -0.25) is 10.0 Å².